The van der Waals surface area contributed by atoms with Gasteiger partial charge in [0.05, 0.1) is 0 Å². The van der Waals surface area contributed by atoms with Crippen LogP contribution in [0, 0.1) is 12.8 Å². The zero-order valence-electron chi connectivity index (χ0n) is 8.86. The zero-order chi connectivity index (χ0) is 10.5. The molecule has 78 valence electrons. The second kappa shape index (κ2) is 2.87. The van der Waals surface area contributed by atoms with E-state index in [2.05, 4.69) is 9.97 Å². The van der Waals surface area contributed by atoms with Gasteiger partial charge in [0.2, 0.25) is 0 Å². The molecule has 1 aromatic heterocycles. The SMILES string of the molecule is Cc1cnc(C23CCC(=O)CC2C3)nc1. The number of aryl methyl sites for hydroxylation is 1. The van der Waals surface area contributed by atoms with Crippen LogP contribution in [0.25, 0.3) is 0 Å². The van der Waals surface area contributed by atoms with Gasteiger partial charge in [-0.25, -0.2) is 9.97 Å². The van der Waals surface area contributed by atoms with Crippen LogP contribution in [0.4, 0.5) is 0 Å². The Hall–Kier alpha value is -1.25. The van der Waals surface area contributed by atoms with Gasteiger partial charge in [0.1, 0.15) is 11.6 Å². The molecule has 1 aromatic rings. The van der Waals surface area contributed by atoms with Crippen molar-refractivity contribution in [3.63, 3.8) is 0 Å². The van der Waals surface area contributed by atoms with Crippen LogP contribution in [0.3, 0.4) is 0 Å². The van der Waals surface area contributed by atoms with Gasteiger partial charge in [0.25, 0.3) is 0 Å². The van der Waals surface area contributed by atoms with Crippen molar-refractivity contribution in [3.05, 3.63) is 23.8 Å². The third-order valence-electron chi connectivity index (χ3n) is 3.78. The molecule has 0 radical (unpaired) electrons. The number of fused-ring (bicyclic) bond motifs is 1. The minimum atomic E-state index is 0.168. The highest BCUT2D eigenvalue weighted by Crippen LogP contribution is 2.60. The Balaban J connectivity index is 1.90. The van der Waals surface area contributed by atoms with Gasteiger partial charge >= 0.3 is 0 Å². The quantitative estimate of drug-likeness (QED) is 0.697. The topological polar surface area (TPSA) is 42.9 Å². The minimum absolute atomic E-state index is 0.168. The molecule has 0 spiro atoms. The smallest absolute Gasteiger partial charge is 0.134 e. The maximum Gasteiger partial charge on any atom is 0.134 e. The van der Waals surface area contributed by atoms with E-state index < -0.39 is 0 Å². The first-order valence-corrected chi connectivity index (χ1v) is 5.51. The van der Waals surface area contributed by atoms with Crippen LogP contribution in [0.1, 0.15) is 37.1 Å². The summed E-state index contributed by atoms with van der Waals surface area (Å²) < 4.78 is 0. The Morgan fingerprint density at radius 1 is 1.40 bits per heavy atom. The lowest BCUT2D eigenvalue weighted by molar-refractivity contribution is -0.120. The summed E-state index contributed by atoms with van der Waals surface area (Å²) in [7, 11) is 0. The average molecular weight is 202 g/mol. The summed E-state index contributed by atoms with van der Waals surface area (Å²) in [6, 6.07) is 0. The Bertz CT molecular complexity index is 412. The Kier molecular flexibility index (Phi) is 1.73. The van der Waals surface area contributed by atoms with E-state index >= 15 is 0 Å². The fourth-order valence-corrected chi connectivity index (χ4v) is 2.73. The average Bonchev–Trinajstić information content (AvgIpc) is 2.93. The third kappa shape index (κ3) is 1.29. The summed E-state index contributed by atoms with van der Waals surface area (Å²) >= 11 is 0. The summed E-state index contributed by atoms with van der Waals surface area (Å²) in [5, 5.41) is 0. The highest BCUT2D eigenvalue weighted by molar-refractivity contribution is 5.81. The number of carbonyl (C=O) groups excluding carboxylic acids is 1. The largest absolute Gasteiger partial charge is 0.300 e. The summed E-state index contributed by atoms with van der Waals surface area (Å²) in [4.78, 5) is 20.1. The highest BCUT2D eigenvalue weighted by atomic mass is 16.1. The number of rotatable bonds is 1. The van der Waals surface area contributed by atoms with Crippen LogP contribution in [0.5, 0.6) is 0 Å². The van der Waals surface area contributed by atoms with Crippen molar-refractivity contribution >= 4 is 5.78 Å². The van der Waals surface area contributed by atoms with Gasteiger partial charge in [0.15, 0.2) is 0 Å². The Morgan fingerprint density at radius 2 is 2.13 bits per heavy atom. The molecule has 2 aliphatic carbocycles. The van der Waals surface area contributed by atoms with E-state index in [1.165, 1.54) is 0 Å². The third-order valence-corrected chi connectivity index (χ3v) is 3.78. The molecule has 2 fully saturated rings. The number of aromatic nitrogens is 2. The first-order chi connectivity index (χ1) is 7.21. The number of ketones is 1. The van der Waals surface area contributed by atoms with Crippen LogP contribution < -0.4 is 0 Å². The van der Waals surface area contributed by atoms with E-state index in [0.29, 0.717) is 18.1 Å². The minimum Gasteiger partial charge on any atom is -0.300 e. The van der Waals surface area contributed by atoms with Gasteiger partial charge < -0.3 is 0 Å². The number of hydrogen-bond donors (Lipinski definition) is 0. The van der Waals surface area contributed by atoms with Gasteiger partial charge in [-0.3, -0.25) is 4.79 Å². The molecular weight excluding hydrogens is 188 g/mol. The van der Waals surface area contributed by atoms with Crippen LogP contribution in [-0.4, -0.2) is 15.8 Å². The first kappa shape index (κ1) is 9.01. The molecule has 2 saturated carbocycles. The van der Waals surface area contributed by atoms with Crippen LogP contribution in [0.15, 0.2) is 12.4 Å². The maximum absolute atomic E-state index is 11.3. The van der Waals surface area contributed by atoms with Crippen molar-refractivity contribution in [2.24, 2.45) is 5.92 Å². The van der Waals surface area contributed by atoms with Crippen molar-refractivity contribution in [1.82, 2.24) is 9.97 Å². The monoisotopic (exact) mass is 202 g/mol. The van der Waals surface area contributed by atoms with Crippen molar-refractivity contribution in [1.29, 1.82) is 0 Å². The number of nitrogens with zero attached hydrogens (tertiary/aromatic N) is 2. The van der Waals surface area contributed by atoms with Gasteiger partial charge in [-0.1, -0.05) is 0 Å². The van der Waals surface area contributed by atoms with Gasteiger partial charge in [-0.15, -0.1) is 0 Å². The molecule has 0 N–H and O–H groups in total. The second-order valence-electron chi connectivity index (χ2n) is 4.88. The van der Waals surface area contributed by atoms with E-state index in [0.717, 1.165) is 30.7 Å². The fourth-order valence-electron chi connectivity index (χ4n) is 2.73. The maximum atomic E-state index is 11.3. The lowest BCUT2D eigenvalue weighted by Crippen LogP contribution is -2.22. The van der Waals surface area contributed by atoms with Crippen molar-refractivity contribution in [3.8, 4) is 0 Å². The number of carbonyl (C=O) groups is 1. The van der Waals surface area contributed by atoms with Crippen LogP contribution >= 0.6 is 0 Å². The van der Waals surface area contributed by atoms with Gasteiger partial charge in [-0.05, 0) is 31.2 Å². The number of hydrogen-bond acceptors (Lipinski definition) is 3. The van der Waals surface area contributed by atoms with E-state index in [1.807, 2.05) is 19.3 Å². The van der Waals surface area contributed by atoms with E-state index in [-0.39, 0.29) is 5.41 Å². The van der Waals surface area contributed by atoms with Crippen LogP contribution in [0.2, 0.25) is 0 Å². The predicted molar refractivity (Wildman–Crippen MR) is 55.4 cm³/mol. The van der Waals surface area contributed by atoms with Crippen LogP contribution in [-0.2, 0) is 10.2 Å². The van der Waals surface area contributed by atoms with Gasteiger partial charge in [-0.2, -0.15) is 0 Å². The molecule has 2 atom stereocenters. The first-order valence-electron chi connectivity index (χ1n) is 5.51. The van der Waals surface area contributed by atoms with E-state index in [1.54, 1.807) is 0 Å². The zero-order valence-corrected chi connectivity index (χ0v) is 8.86. The summed E-state index contributed by atoms with van der Waals surface area (Å²) in [6.45, 7) is 2.00. The Labute approximate surface area is 88.9 Å². The molecule has 3 nitrogen and oxygen atoms in total. The standard InChI is InChI=1S/C12H14N2O/c1-8-6-13-11(14-7-8)12-3-2-10(15)4-9(12)5-12/h6-7,9H,2-5H2,1H3. The molecule has 15 heavy (non-hydrogen) atoms. The molecule has 2 unspecified atom stereocenters. The number of Topliss-reactive ketones (excluding diaryl/α,β-unsaturated/α-hetero) is 1. The summed E-state index contributed by atoms with van der Waals surface area (Å²) in [6.07, 6.45) is 7.29. The fraction of sp³-hybridized carbons (Fsp3) is 0.583. The molecule has 0 aliphatic heterocycles. The van der Waals surface area contributed by atoms with Crippen molar-refractivity contribution < 1.29 is 4.79 Å². The van der Waals surface area contributed by atoms with E-state index in [9.17, 15) is 4.79 Å². The van der Waals surface area contributed by atoms with Gasteiger partial charge in [0, 0.05) is 30.7 Å². The predicted octanol–water partition coefficient (Wildman–Crippen LogP) is 1.80. The molecule has 2 aliphatic rings. The lowest BCUT2D eigenvalue weighted by atomic mass is 9.87. The molecule has 3 heteroatoms. The normalized spacial score (nSPS) is 33.7. The molecule has 0 aromatic carbocycles. The molecule has 0 amide bonds. The summed E-state index contributed by atoms with van der Waals surface area (Å²) in [5.41, 5.74) is 1.26. The molecule has 0 saturated heterocycles. The molecule has 3 rings (SSSR count). The second-order valence-corrected chi connectivity index (χ2v) is 4.88. The molecular formula is C12H14N2O. The molecule has 0 bridgehead atoms. The molecule has 1 heterocycles. The van der Waals surface area contributed by atoms with E-state index in [4.69, 9.17) is 0 Å². The highest BCUT2D eigenvalue weighted by Gasteiger charge is 2.59. The van der Waals surface area contributed by atoms with Crippen molar-refractivity contribution in [2.75, 3.05) is 0 Å². The Morgan fingerprint density at radius 3 is 2.80 bits per heavy atom. The summed E-state index contributed by atoms with van der Waals surface area (Å²) in [5.74, 6) is 1.91. The van der Waals surface area contributed by atoms with Crippen molar-refractivity contribution in [2.45, 2.75) is 38.0 Å². The lowest BCUT2D eigenvalue weighted by Gasteiger charge is -2.19.